The first kappa shape index (κ1) is 23.0. The van der Waals surface area contributed by atoms with Crippen molar-refractivity contribution in [3.05, 3.63) is 11.6 Å². The minimum Gasteiger partial charge on any atom is -0.457 e. The van der Waals surface area contributed by atoms with Gasteiger partial charge in [-0.1, -0.05) is 47.1 Å². The lowest BCUT2D eigenvalue weighted by Crippen LogP contribution is -2.79. The van der Waals surface area contributed by atoms with Crippen molar-refractivity contribution in [3.63, 3.8) is 0 Å². The van der Waals surface area contributed by atoms with E-state index in [1.807, 2.05) is 6.08 Å². The molecular weight excluding hydrogens is 424 g/mol. The number of ketones is 2. The van der Waals surface area contributed by atoms with E-state index in [-0.39, 0.29) is 39.8 Å². The summed E-state index contributed by atoms with van der Waals surface area (Å²) in [6, 6.07) is 0. The molecular formula is C30H42O4. The van der Waals surface area contributed by atoms with E-state index in [4.69, 9.17) is 4.74 Å². The fourth-order valence-corrected chi connectivity index (χ4v) is 10.8. The van der Waals surface area contributed by atoms with Crippen molar-refractivity contribution in [2.75, 3.05) is 0 Å². The Morgan fingerprint density at radius 3 is 2.18 bits per heavy atom. The van der Waals surface area contributed by atoms with Crippen LogP contribution in [0.25, 0.3) is 0 Å². The Bertz CT molecular complexity index is 1070. The molecule has 0 unspecified atom stereocenters. The highest BCUT2D eigenvalue weighted by Crippen LogP contribution is 2.78. The lowest BCUT2D eigenvalue weighted by atomic mass is 9.31. The van der Waals surface area contributed by atoms with Crippen LogP contribution in [-0.4, -0.2) is 23.1 Å². The van der Waals surface area contributed by atoms with Gasteiger partial charge in [-0.05, 0) is 87.0 Å². The lowest BCUT2D eigenvalue weighted by molar-refractivity contribution is -0.302. The maximum absolute atomic E-state index is 14.4. The van der Waals surface area contributed by atoms with E-state index in [9.17, 15) is 14.4 Å². The van der Waals surface area contributed by atoms with E-state index in [0.717, 1.165) is 51.4 Å². The summed E-state index contributed by atoms with van der Waals surface area (Å²) in [6.07, 6.45) is 9.56. The molecule has 4 nitrogen and oxygen atoms in total. The Morgan fingerprint density at radius 2 is 1.50 bits per heavy atom. The van der Waals surface area contributed by atoms with E-state index in [1.54, 1.807) is 0 Å². The Morgan fingerprint density at radius 1 is 0.824 bits per heavy atom. The predicted molar refractivity (Wildman–Crippen MR) is 130 cm³/mol. The number of ether oxygens (including phenoxy) is 1. The van der Waals surface area contributed by atoms with Gasteiger partial charge < -0.3 is 4.74 Å². The third-order valence-corrected chi connectivity index (χ3v) is 12.9. The van der Waals surface area contributed by atoms with Crippen molar-refractivity contribution in [3.8, 4) is 0 Å². The van der Waals surface area contributed by atoms with Gasteiger partial charge in [0, 0.05) is 17.3 Å². The molecule has 5 aliphatic carbocycles. The summed E-state index contributed by atoms with van der Waals surface area (Å²) < 4.78 is 6.68. The first-order valence-corrected chi connectivity index (χ1v) is 13.6. The normalized spacial score (nSPS) is 52.6. The van der Waals surface area contributed by atoms with Crippen LogP contribution in [0.3, 0.4) is 0 Å². The number of carbonyl (C=O) groups excluding carboxylic acids is 3. The number of fused-ring (bicyclic) bond motifs is 5. The molecule has 7 rings (SSSR count). The van der Waals surface area contributed by atoms with Gasteiger partial charge in [0.05, 0.1) is 10.8 Å². The Labute approximate surface area is 204 Å². The highest BCUT2D eigenvalue weighted by Gasteiger charge is 2.82. The van der Waals surface area contributed by atoms with Gasteiger partial charge in [-0.25, -0.2) is 0 Å². The first-order valence-electron chi connectivity index (χ1n) is 13.6. The van der Waals surface area contributed by atoms with Crippen LogP contribution < -0.4 is 0 Å². The van der Waals surface area contributed by atoms with Crippen LogP contribution in [0.15, 0.2) is 11.6 Å². The Kier molecular flexibility index (Phi) is 4.11. The number of rotatable bonds is 0. The molecule has 0 aromatic heterocycles. The molecule has 2 aliphatic heterocycles. The number of carbonyl (C=O) groups is 3. The molecule has 186 valence electrons. The monoisotopic (exact) mass is 466 g/mol. The van der Waals surface area contributed by atoms with Crippen molar-refractivity contribution < 1.29 is 19.1 Å². The Hall–Kier alpha value is -1.45. The zero-order valence-electron chi connectivity index (χ0n) is 22.2. The summed E-state index contributed by atoms with van der Waals surface area (Å²) in [5.41, 5.74) is -1.65. The molecule has 34 heavy (non-hydrogen) atoms. The van der Waals surface area contributed by atoms with Crippen LogP contribution in [0.4, 0.5) is 0 Å². The van der Waals surface area contributed by atoms with Crippen molar-refractivity contribution in [1.29, 1.82) is 0 Å². The molecule has 2 bridgehead atoms. The van der Waals surface area contributed by atoms with E-state index in [0.29, 0.717) is 12.2 Å². The van der Waals surface area contributed by atoms with Gasteiger partial charge in [-0.3, -0.25) is 14.4 Å². The molecule has 0 N–H and O–H groups in total. The highest BCUT2D eigenvalue weighted by atomic mass is 16.6. The van der Waals surface area contributed by atoms with Crippen molar-refractivity contribution >= 4 is 17.5 Å². The molecule has 2 spiro atoms. The number of hydrogen-bond acceptors (Lipinski definition) is 4. The SMILES string of the molecule is CC1(C)CC[C@@]23CC[C@@]4(OC2=O)[C@@](C)(C(=O)C=C2[C@@]5(C)CCC(=O)C(C)(C)[C@@H]5CC[C@]24C)[C@@H]3C1. The van der Waals surface area contributed by atoms with Crippen LogP contribution >= 0.6 is 0 Å². The quantitative estimate of drug-likeness (QED) is 0.398. The van der Waals surface area contributed by atoms with Crippen molar-refractivity contribution in [2.45, 2.75) is 112 Å². The van der Waals surface area contributed by atoms with Gasteiger partial charge in [0.2, 0.25) is 0 Å². The van der Waals surface area contributed by atoms with Crippen LogP contribution in [0, 0.1) is 44.3 Å². The summed E-state index contributed by atoms with van der Waals surface area (Å²) in [5.74, 6) is 0.745. The van der Waals surface area contributed by atoms with Gasteiger partial charge in [-0.2, -0.15) is 0 Å². The number of hydrogen-bond donors (Lipinski definition) is 0. The minimum atomic E-state index is -0.780. The summed E-state index contributed by atoms with van der Waals surface area (Å²) in [5, 5.41) is 0. The molecule has 0 radical (unpaired) electrons. The molecule has 2 saturated heterocycles. The molecule has 6 fully saturated rings. The van der Waals surface area contributed by atoms with Gasteiger partial charge in [-0.15, -0.1) is 0 Å². The average molecular weight is 467 g/mol. The lowest BCUT2D eigenvalue weighted by Gasteiger charge is -2.75. The smallest absolute Gasteiger partial charge is 0.313 e. The van der Waals surface area contributed by atoms with Gasteiger partial charge in [0.25, 0.3) is 0 Å². The van der Waals surface area contributed by atoms with Crippen LogP contribution in [0.1, 0.15) is 106 Å². The maximum atomic E-state index is 14.4. The number of Topliss-reactive ketones (excluding diaryl/α,β-unsaturated/α-hetero) is 1. The van der Waals surface area contributed by atoms with Crippen molar-refractivity contribution in [2.24, 2.45) is 44.3 Å². The van der Waals surface area contributed by atoms with Crippen LogP contribution in [-0.2, 0) is 19.1 Å². The van der Waals surface area contributed by atoms with E-state index < -0.39 is 21.8 Å². The second kappa shape index (κ2) is 6.09. The topological polar surface area (TPSA) is 60.4 Å². The average Bonchev–Trinajstić information content (AvgIpc) is 2.74. The summed E-state index contributed by atoms with van der Waals surface area (Å²) in [7, 11) is 0. The molecule has 7 atom stereocenters. The highest BCUT2D eigenvalue weighted by molar-refractivity contribution is 6.01. The standard InChI is InChI=1S/C30H42O4/c1-24(2)12-13-29-14-15-30(34-23(29)33)27(6)11-8-18-25(3,4)21(31)9-10-26(18,5)19(27)16-22(32)28(30,7)20(29)17-24/h16,18,20H,8-15,17H2,1-7H3/t18-,20-,26-,27+,28+,29-,30-/m0/s1. The van der Waals surface area contributed by atoms with Gasteiger partial charge in [0.1, 0.15) is 11.4 Å². The largest absolute Gasteiger partial charge is 0.457 e. The Balaban J connectivity index is 1.57. The molecule has 4 heteroatoms. The molecule has 4 saturated carbocycles. The second-order valence-electron chi connectivity index (χ2n) is 14.9. The molecule has 0 aromatic rings. The zero-order chi connectivity index (χ0) is 24.7. The van der Waals surface area contributed by atoms with E-state index >= 15 is 0 Å². The third-order valence-electron chi connectivity index (χ3n) is 12.9. The first-order chi connectivity index (χ1) is 15.6. The summed E-state index contributed by atoms with van der Waals surface area (Å²) >= 11 is 0. The third kappa shape index (κ3) is 2.18. The van der Waals surface area contributed by atoms with Gasteiger partial charge >= 0.3 is 5.97 Å². The fourth-order valence-electron chi connectivity index (χ4n) is 10.8. The van der Waals surface area contributed by atoms with E-state index in [2.05, 4.69) is 48.5 Å². The second-order valence-corrected chi connectivity index (χ2v) is 14.9. The molecule has 7 aliphatic rings. The molecule has 0 aromatic carbocycles. The molecule has 0 amide bonds. The fraction of sp³-hybridized carbons (Fsp3) is 0.833. The summed E-state index contributed by atoms with van der Waals surface area (Å²) in [4.78, 5) is 41.2. The number of esters is 1. The minimum absolute atomic E-state index is 0.0292. The molecule has 2 heterocycles. The van der Waals surface area contributed by atoms with Gasteiger partial charge in [0.15, 0.2) is 5.78 Å². The van der Waals surface area contributed by atoms with Crippen molar-refractivity contribution in [1.82, 2.24) is 0 Å². The van der Waals surface area contributed by atoms with Crippen LogP contribution in [0.5, 0.6) is 0 Å². The predicted octanol–water partition coefficient (Wildman–Crippen LogP) is 6.22. The number of allylic oxidation sites excluding steroid dienone is 1. The zero-order valence-corrected chi connectivity index (χ0v) is 22.2. The summed E-state index contributed by atoms with van der Waals surface area (Å²) in [6.45, 7) is 15.6. The van der Waals surface area contributed by atoms with Crippen LogP contribution in [0.2, 0.25) is 0 Å². The van der Waals surface area contributed by atoms with E-state index in [1.165, 1.54) is 5.57 Å². The maximum Gasteiger partial charge on any atom is 0.313 e.